The standard InChI is InChI=1S/C14H19N3O3/c1-5-17(6-2)14(18)13-9-7-11(19-3)12(20-4)8-10(9)15-16-13/h7-8H,5-6H2,1-4H3,(H,15,16). The molecule has 0 bridgehead atoms. The van der Waals surface area contributed by atoms with E-state index in [1.165, 1.54) is 0 Å². The van der Waals surface area contributed by atoms with Gasteiger partial charge in [-0.25, -0.2) is 0 Å². The van der Waals surface area contributed by atoms with Gasteiger partial charge in [0, 0.05) is 24.5 Å². The van der Waals surface area contributed by atoms with Crippen LogP contribution in [0.3, 0.4) is 0 Å². The summed E-state index contributed by atoms with van der Waals surface area (Å²) in [5.41, 5.74) is 1.16. The molecule has 20 heavy (non-hydrogen) atoms. The highest BCUT2D eigenvalue weighted by molar-refractivity contribution is 6.05. The van der Waals surface area contributed by atoms with Crippen molar-refractivity contribution in [3.05, 3.63) is 17.8 Å². The van der Waals surface area contributed by atoms with Gasteiger partial charge in [-0.3, -0.25) is 9.89 Å². The number of nitrogens with one attached hydrogen (secondary N) is 1. The van der Waals surface area contributed by atoms with Gasteiger partial charge in [-0.1, -0.05) is 0 Å². The van der Waals surface area contributed by atoms with Crippen molar-refractivity contribution in [3.63, 3.8) is 0 Å². The van der Waals surface area contributed by atoms with Gasteiger partial charge in [0.15, 0.2) is 17.2 Å². The number of benzene rings is 1. The van der Waals surface area contributed by atoms with Crippen LogP contribution in [0, 0.1) is 0 Å². The van der Waals surface area contributed by atoms with Crippen LogP contribution in [0.4, 0.5) is 0 Å². The third-order valence-electron chi connectivity index (χ3n) is 3.32. The van der Waals surface area contributed by atoms with Gasteiger partial charge in [0.1, 0.15) is 0 Å². The van der Waals surface area contributed by atoms with E-state index in [4.69, 9.17) is 9.47 Å². The van der Waals surface area contributed by atoms with Crippen molar-refractivity contribution in [2.45, 2.75) is 13.8 Å². The number of hydrogen-bond acceptors (Lipinski definition) is 4. The summed E-state index contributed by atoms with van der Waals surface area (Å²) in [7, 11) is 3.14. The highest BCUT2D eigenvalue weighted by Gasteiger charge is 2.20. The number of aromatic amines is 1. The Hall–Kier alpha value is -2.24. The molecule has 1 aromatic carbocycles. The molecule has 0 atom stereocenters. The van der Waals surface area contributed by atoms with Crippen LogP contribution in [0.15, 0.2) is 12.1 Å². The predicted octanol–water partition coefficient (Wildman–Crippen LogP) is 2.06. The highest BCUT2D eigenvalue weighted by Crippen LogP contribution is 2.32. The molecule has 1 amide bonds. The summed E-state index contributed by atoms with van der Waals surface area (Å²) >= 11 is 0. The Bertz CT molecular complexity index is 617. The van der Waals surface area contributed by atoms with Gasteiger partial charge in [0.05, 0.1) is 19.7 Å². The molecular formula is C14H19N3O3. The van der Waals surface area contributed by atoms with E-state index in [1.807, 2.05) is 13.8 Å². The van der Waals surface area contributed by atoms with Crippen LogP contribution in [-0.4, -0.2) is 48.3 Å². The fourth-order valence-corrected chi connectivity index (χ4v) is 2.17. The lowest BCUT2D eigenvalue weighted by atomic mass is 10.1. The van der Waals surface area contributed by atoms with Gasteiger partial charge in [0.2, 0.25) is 0 Å². The molecule has 0 radical (unpaired) electrons. The summed E-state index contributed by atoms with van der Waals surface area (Å²) in [6, 6.07) is 3.55. The summed E-state index contributed by atoms with van der Waals surface area (Å²) in [6.07, 6.45) is 0. The number of amides is 1. The van der Waals surface area contributed by atoms with Crippen molar-refractivity contribution in [3.8, 4) is 11.5 Å². The number of methoxy groups -OCH3 is 2. The molecule has 1 heterocycles. The number of aromatic nitrogens is 2. The van der Waals surface area contributed by atoms with Crippen molar-refractivity contribution >= 4 is 16.8 Å². The topological polar surface area (TPSA) is 67.5 Å². The Morgan fingerprint density at radius 2 is 1.80 bits per heavy atom. The fraction of sp³-hybridized carbons (Fsp3) is 0.429. The normalized spacial score (nSPS) is 10.6. The summed E-state index contributed by atoms with van der Waals surface area (Å²) < 4.78 is 10.5. The number of rotatable bonds is 5. The molecule has 108 valence electrons. The SMILES string of the molecule is CCN(CC)C(=O)c1n[nH]c2cc(OC)c(OC)cc12. The van der Waals surface area contributed by atoms with Gasteiger partial charge in [-0.15, -0.1) is 0 Å². The lowest BCUT2D eigenvalue weighted by Crippen LogP contribution is -2.30. The van der Waals surface area contributed by atoms with E-state index in [0.717, 1.165) is 10.9 Å². The number of H-pyrrole nitrogens is 1. The Morgan fingerprint density at radius 1 is 1.20 bits per heavy atom. The van der Waals surface area contributed by atoms with Crippen LogP contribution in [0.2, 0.25) is 0 Å². The van der Waals surface area contributed by atoms with E-state index in [9.17, 15) is 4.79 Å². The maximum atomic E-state index is 12.4. The molecule has 0 spiro atoms. The first-order valence-electron chi connectivity index (χ1n) is 6.55. The van der Waals surface area contributed by atoms with Gasteiger partial charge >= 0.3 is 0 Å². The maximum Gasteiger partial charge on any atom is 0.274 e. The Labute approximate surface area is 117 Å². The minimum absolute atomic E-state index is 0.0894. The first-order chi connectivity index (χ1) is 9.65. The van der Waals surface area contributed by atoms with Crippen molar-refractivity contribution in [2.24, 2.45) is 0 Å². The zero-order valence-corrected chi connectivity index (χ0v) is 12.2. The second-order valence-electron chi connectivity index (χ2n) is 4.30. The molecule has 6 nitrogen and oxygen atoms in total. The van der Waals surface area contributed by atoms with Crippen LogP contribution < -0.4 is 9.47 Å². The Kier molecular flexibility index (Phi) is 4.12. The summed E-state index contributed by atoms with van der Waals surface area (Å²) in [6.45, 7) is 5.19. The predicted molar refractivity (Wildman–Crippen MR) is 76.4 cm³/mol. The zero-order chi connectivity index (χ0) is 14.7. The summed E-state index contributed by atoms with van der Waals surface area (Å²) in [5.74, 6) is 1.09. The van der Waals surface area contributed by atoms with Gasteiger partial charge in [-0.05, 0) is 19.9 Å². The maximum absolute atomic E-state index is 12.4. The quantitative estimate of drug-likeness (QED) is 0.908. The summed E-state index contributed by atoms with van der Waals surface area (Å²) in [5, 5.41) is 7.74. The van der Waals surface area contributed by atoms with Crippen LogP contribution >= 0.6 is 0 Å². The molecule has 0 fully saturated rings. The minimum Gasteiger partial charge on any atom is -0.493 e. The van der Waals surface area contributed by atoms with Crippen molar-refractivity contribution in [1.29, 1.82) is 0 Å². The lowest BCUT2D eigenvalue weighted by Gasteiger charge is -2.17. The third kappa shape index (κ3) is 2.29. The van der Waals surface area contributed by atoms with Crippen molar-refractivity contribution in [2.75, 3.05) is 27.3 Å². The molecule has 2 aromatic rings. The molecule has 1 aromatic heterocycles. The third-order valence-corrected chi connectivity index (χ3v) is 3.32. The van der Waals surface area contributed by atoms with Crippen LogP contribution in [0.1, 0.15) is 24.3 Å². The first kappa shape index (κ1) is 14.2. The van der Waals surface area contributed by atoms with Gasteiger partial charge in [-0.2, -0.15) is 5.10 Å². The molecule has 6 heteroatoms. The number of nitrogens with zero attached hydrogens (tertiary/aromatic N) is 2. The minimum atomic E-state index is -0.0894. The smallest absolute Gasteiger partial charge is 0.274 e. The van der Waals surface area contributed by atoms with E-state index in [-0.39, 0.29) is 5.91 Å². The van der Waals surface area contributed by atoms with E-state index >= 15 is 0 Å². The molecular weight excluding hydrogens is 258 g/mol. The fourth-order valence-electron chi connectivity index (χ4n) is 2.17. The first-order valence-corrected chi connectivity index (χ1v) is 6.55. The molecule has 0 saturated heterocycles. The van der Waals surface area contributed by atoms with Gasteiger partial charge < -0.3 is 14.4 Å². The average molecular weight is 277 g/mol. The largest absolute Gasteiger partial charge is 0.493 e. The molecule has 0 aliphatic rings. The van der Waals surface area contributed by atoms with Crippen LogP contribution in [0.25, 0.3) is 10.9 Å². The molecule has 0 saturated carbocycles. The number of carbonyl (C=O) groups excluding carboxylic acids is 1. The Morgan fingerprint density at radius 3 is 2.35 bits per heavy atom. The Balaban J connectivity index is 2.53. The van der Waals surface area contributed by atoms with Gasteiger partial charge in [0.25, 0.3) is 5.91 Å². The molecule has 2 rings (SSSR count). The van der Waals surface area contributed by atoms with E-state index in [2.05, 4.69) is 10.2 Å². The summed E-state index contributed by atoms with van der Waals surface area (Å²) in [4.78, 5) is 14.1. The monoisotopic (exact) mass is 277 g/mol. The van der Waals surface area contributed by atoms with Crippen molar-refractivity contribution < 1.29 is 14.3 Å². The molecule has 0 unspecified atom stereocenters. The molecule has 1 N–H and O–H groups in total. The van der Waals surface area contributed by atoms with E-state index in [0.29, 0.717) is 30.3 Å². The van der Waals surface area contributed by atoms with Crippen LogP contribution in [0.5, 0.6) is 11.5 Å². The zero-order valence-electron chi connectivity index (χ0n) is 12.2. The van der Waals surface area contributed by atoms with E-state index < -0.39 is 0 Å². The van der Waals surface area contributed by atoms with Crippen LogP contribution in [-0.2, 0) is 0 Å². The number of fused-ring (bicyclic) bond motifs is 1. The second kappa shape index (κ2) is 5.81. The van der Waals surface area contributed by atoms with E-state index in [1.54, 1.807) is 31.3 Å². The average Bonchev–Trinajstić information content (AvgIpc) is 2.89. The number of hydrogen-bond donors (Lipinski definition) is 1. The highest BCUT2D eigenvalue weighted by atomic mass is 16.5. The molecule has 0 aliphatic carbocycles. The van der Waals surface area contributed by atoms with Crippen molar-refractivity contribution in [1.82, 2.24) is 15.1 Å². The lowest BCUT2D eigenvalue weighted by molar-refractivity contribution is 0.0769. The number of carbonyl (C=O) groups is 1. The number of ether oxygens (including phenoxy) is 2. The molecule has 0 aliphatic heterocycles. The second-order valence-corrected chi connectivity index (χ2v) is 4.30.